The molecule has 1 saturated carbocycles. The van der Waals surface area contributed by atoms with Gasteiger partial charge in [-0.2, -0.15) is 0 Å². The molecule has 1 fully saturated rings. The van der Waals surface area contributed by atoms with Crippen molar-refractivity contribution < 1.29 is 9.90 Å². The fourth-order valence-corrected chi connectivity index (χ4v) is 2.20. The molecule has 92 valence electrons. The van der Waals surface area contributed by atoms with E-state index in [9.17, 15) is 14.4 Å². The summed E-state index contributed by atoms with van der Waals surface area (Å²) in [7, 11) is 0. The Morgan fingerprint density at radius 2 is 2.18 bits per heavy atom. The molecule has 7 nitrogen and oxygen atoms in total. The number of nitrogens with one attached hydrogen (secondary N) is 1. The third-order valence-electron chi connectivity index (χ3n) is 3.09. The van der Waals surface area contributed by atoms with Gasteiger partial charge in [-0.1, -0.05) is 0 Å². The van der Waals surface area contributed by atoms with Crippen LogP contribution in [0.25, 0.3) is 0 Å². The fourth-order valence-electron chi connectivity index (χ4n) is 2.20. The summed E-state index contributed by atoms with van der Waals surface area (Å²) in [5.41, 5.74) is 3.91. The van der Waals surface area contributed by atoms with Crippen LogP contribution in [0.2, 0.25) is 0 Å². The largest absolute Gasteiger partial charge is 0.477 e. The van der Waals surface area contributed by atoms with Crippen molar-refractivity contribution in [1.82, 2.24) is 9.55 Å². The lowest BCUT2D eigenvalue weighted by Gasteiger charge is -2.18. The maximum Gasteiger partial charge on any atom is 0.342 e. The van der Waals surface area contributed by atoms with Crippen molar-refractivity contribution in [3.8, 4) is 0 Å². The SMILES string of the molecule is NC1CCCC1n1cc(C(=O)O)c(=O)[nH]c1=O. The van der Waals surface area contributed by atoms with E-state index in [0.29, 0.717) is 6.42 Å². The minimum atomic E-state index is -1.36. The number of nitrogens with zero attached hydrogens (tertiary/aromatic N) is 1. The first kappa shape index (κ1) is 11.6. The highest BCUT2D eigenvalue weighted by molar-refractivity contribution is 5.86. The van der Waals surface area contributed by atoms with Crippen LogP contribution in [0.3, 0.4) is 0 Å². The van der Waals surface area contributed by atoms with Crippen LogP contribution in [0.15, 0.2) is 15.8 Å². The van der Waals surface area contributed by atoms with Crippen molar-refractivity contribution in [2.75, 3.05) is 0 Å². The van der Waals surface area contributed by atoms with Crippen LogP contribution in [-0.4, -0.2) is 26.7 Å². The number of carboxylic acid groups (broad SMARTS) is 1. The summed E-state index contributed by atoms with van der Waals surface area (Å²) in [6.07, 6.45) is 3.48. The topological polar surface area (TPSA) is 118 Å². The number of aromatic nitrogens is 2. The summed E-state index contributed by atoms with van der Waals surface area (Å²) in [5.74, 6) is -1.36. The summed E-state index contributed by atoms with van der Waals surface area (Å²) in [6, 6.07) is -0.419. The number of rotatable bonds is 2. The highest BCUT2D eigenvalue weighted by Gasteiger charge is 2.27. The first-order valence-electron chi connectivity index (χ1n) is 5.35. The minimum absolute atomic E-state index is 0.180. The van der Waals surface area contributed by atoms with Crippen LogP contribution in [0.1, 0.15) is 35.7 Å². The van der Waals surface area contributed by atoms with E-state index in [1.54, 1.807) is 0 Å². The molecule has 7 heteroatoms. The van der Waals surface area contributed by atoms with Gasteiger partial charge >= 0.3 is 11.7 Å². The van der Waals surface area contributed by atoms with Crippen LogP contribution >= 0.6 is 0 Å². The molecular weight excluding hydrogens is 226 g/mol. The van der Waals surface area contributed by atoms with Gasteiger partial charge in [0.15, 0.2) is 0 Å². The molecule has 1 aromatic rings. The summed E-state index contributed by atoms with van der Waals surface area (Å²) in [4.78, 5) is 35.7. The second-order valence-corrected chi connectivity index (χ2v) is 4.18. The Kier molecular flexibility index (Phi) is 2.84. The summed E-state index contributed by atoms with van der Waals surface area (Å²) in [5, 5.41) is 8.82. The maximum absolute atomic E-state index is 11.6. The highest BCUT2D eigenvalue weighted by atomic mass is 16.4. The van der Waals surface area contributed by atoms with Crippen molar-refractivity contribution in [1.29, 1.82) is 0 Å². The first-order chi connectivity index (χ1) is 8.00. The van der Waals surface area contributed by atoms with Crippen molar-refractivity contribution in [2.24, 2.45) is 5.73 Å². The van der Waals surface area contributed by atoms with E-state index in [1.807, 2.05) is 4.98 Å². The van der Waals surface area contributed by atoms with Crippen LogP contribution < -0.4 is 17.0 Å². The van der Waals surface area contributed by atoms with Crippen molar-refractivity contribution in [2.45, 2.75) is 31.3 Å². The van der Waals surface area contributed by atoms with Crippen molar-refractivity contribution in [3.05, 3.63) is 32.6 Å². The second kappa shape index (κ2) is 4.17. The molecule has 0 aliphatic heterocycles. The Balaban J connectivity index is 2.54. The van der Waals surface area contributed by atoms with E-state index < -0.39 is 22.8 Å². The molecule has 0 amide bonds. The average molecular weight is 239 g/mol. The van der Waals surface area contributed by atoms with E-state index >= 15 is 0 Å². The Morgan fingerprint density at radius 1 is 1.47 bits per heavy atom. The molecule has 2 unspecified atom stereocenters. The fraction of sp³-hybridized carbons (Fsp3) is 0.500. The summed E-state index contributed by atoms with van der Waals surface area (Å²) in [6.45, 7) is 0. The molecule has 2 atom stereocenters. The van der Waals surface area contributed by atoms with Gasteiger partial charge in [0, 0.05) is 12.2 Å². The van der Waals surface area contributed by atoms with E-state index in [2.05, 4.69) is 0 Å². The Hall–Kier alpha value is -1.89. The lowest BCUT2D eigenvalue weighted by Crippen LogP contribution is -2.39. The average Bonchev–Trinajstić information content (AvgIpc) is 2.64. The van der Waals surface area contributed by atoms with E-state index in [4.69, 9.17) is 10.8 Å². The van der Waals surface area contributed by atoms with Crippen LogP contribution in [-0.2, 0) is 0 Å². The molecule has 4 N–H and O–H groups in total. The predicted molar refractivity (Wildman–Crippen MR) is 59.1 cm³/mol. The molecule has 1 aliphatic rings. The molecule has 1 aromatic heterocycles. The molecule has 0 aromatic carbocycles. The number of hydrogen-bond donors (Lipinski definition) is 3. The molecule has 0 saturated heterocycles. The third kappa shape index (κ3) is 2.01. The lowest BCUT2D eigenvalue weighted by molar-refractivity contribution is 0.0693. The maximum atomic E-state index is 11.6. The molecule has 1 heterocycles. The van der Waals surface area contributed by atoms with E-state index in [1.165, 1.54) is 4.57 Å². The van der Waals surface area contributed by atoms with Gasteiger partial charge in [0.2, 0.25) is 0 Å². The number of aromatic carboxylic acids is 1. The molecule has 1 aliphatic carbocycles. The molecule has 0 radical (unpaired) electrons. The smallest absolute Gasteiger partial charge is 0.342 e. The number of carbonyl (C=O) groups is 1. The second-order valence-electron chi connectivity index (χ2n) is 4.18. The number of aromatic amines is 1. The Morgan fingerprint density at radius 3 is 2.71 bits per heavy atom. The quantitative estimate of drug-likeness (QED) is 0.629. The van der Waals surface area contributed by atoms with Gasteiger partial charge in [0.1, 0.15) is 5.56 Å². The molecule has 2 rings (SSSR count). The van der Waals surface area contributed by atoms with Crippen LogP contribution in [0.4, 0.5) is 0 Å². The number of nitrogens with two attached hydrogens (primary N) is 1. The molecule has 17 heavy (non-hydrogen) atoms. The number of hydrogen-bond acceptors (Lipinski definition) is 4. The zero-order valence-corrected chi connectivity index (χ0v) is 9.05. The van der Waals surface area contributed by atoms with Gasteiger partial charge in [-0.15, -0.1) is 0 Å². The zero-order chi connectivity index (χ0) is 12.6. The van der Waals surface area contributed by atoms with E-state index in [-0.39, 0.29) is 12.1 Å². The molecule has 0 spiro atoms. The van der Waals surface area contributed by atoms with Gasteiger partial charge in [-0.05, 0) is 19.3 Å². The number of H-pyrrole nitrogens is 1. The highest BCUT2D eigenvalue weighted by Crippen LogP contribution is 2.27. The standard InChI is InChI=1S/C10H13N3O4/c11-6-2-1-3-7(6)13-4-5(9(15)16)8(14)12-10(13)17/h4,6-7H,1-3,11H2,(H,15,16)(H,12,14,17). The van der Waals surface area contributed by atoms with Crippen LogP contribution in [0, 0.1) is 0 Å². The van der Waals surface area contributed by atoms with Gasteiger partial charge < -0.3 is 10.8 Å². The predicted octanol–water partition coefficient (Wildman–Crippen LogP) is -0.713. The third-order valence-corrected chi connectivity index (χ3v) is 3.09. The summed E-state index contributed by atoms with van der Waals surface area (Å²) < 4.78 is 1.22. The zero-order valence-electron chi connectivity index (χ0n) is 9.05. The number of carboxylic acids is 1. The summed E-state index contributed by atoms with van der Waals surface area (Å²) >= 11 is 0. The Bertz CT molecular complexity index is 559. The van der Waals surface area contributed by atoms with Gasteiger partial charge in [-0.3, -0.25) is 14.3 Å². The van der Waals surface area contributed by atoms with Gasteiger partial charge in [-0.25, -0.2) is 9.59 Å². The normalized spacial score (nSPS) is 23.8. The molecule has 0 bridgehead atoms. The minimum Gasteiger partial charge on any atom is -0.477 e. The first-order valence-corrected chi connectivity index (χ1v) is 5.35. The lowest BCUT2D eigenvalue weighted by atomic mass is 10.2. The van der Waals surface area contributed by atoms with Crippen molar-refractivity contribution in [3.63, 3.8) is 0 Å². The van der Waals surface area contributed by atoms with Crippen LogP contribution in [0.5, 0.6) is 0 Å². The van der Waals surface area contributed by atoms with E-state index in [0.717, 1.165) is 19.0 Å². The van der Waals surface area contributed by atoms with Crippen molar-refractivity contribution >= 4 is 5.97 Å². The Labute approximate surface area is 95.9 Å². The van der Waals surface area contributed by atoms with Gasteiger partial charge in [0.25, 0.3) is 5.56 Å². The molecular formula is C10H13N3O4. The van der Waals surface area contributed by atoms with Gasteiger partial charge in [0.05, 0.1) is 6.04 Å². The monoisotopic (exact) mass is 239 g/mol.